The lowest BCUT2D eigenvalue weighted by atomic mass is 10.2. The molecule has 0 bridgehead atoms. The van der Waals surface area contributed by atoms with E-state index in [4.69, 9.17) is 17.3 Å². The summed E-state index contributed by atoms with van der Waals surface area (Å²) in [4.78, 5) is 0. The second-order valence-corrected chi connectivity index (χ2v) is 3.70. The normalized spacial score (nSPS) is 10.3. The van der Waals surface area contributed by atoms with E-state index in [1.54, 1.807) is 23.1 Å². The first-order chi connectivity index (χ1) is 7.77. The van der Waals surface area contributed by atoms with E-state index in [0.29, 0.717) is 23.8 Å². The molecule has 5 nitrogen and oxygen atoms in total. The number of anilines is 2. The molecule has 1 heterocycles. The van der Waals surface area contributed by atoms with Crippen molar-refractivity contribution < 1.29 is 0 Å². The number of aromatic nitrogens is 3. The molecule has 0 saturated carbocycles. The van der Waals surface area contributed by atoms with Crippen molar-refractivity contribution in [3.8, 4) is 0 Å². The topological polar surface area (TPSA) is 68.8 Å². The van der Waals surface area contributed by atoms with Gasteiger partial charge in [0, 0.05) is 12.7 Å². The maximum Gasteiger partial charge on any atom is 0.0763 e. The Hall–Kier alpha value is -1.75. The number of rotatable bonds is 4. The highest BCUT2D eigenvalue weighted by Crippen LogP contribution is 2.27. The van der Waals surface area contributed by atoms with E-state index in [2.05, 4.69) is 15.6 Å². The van der Waals surface area contributed by atoms with Gasteiger partial charge >= 0.3 is 0 Å². The highest BCUT2D eigenvalue weighted by atomic mass is 35.5. The molecule has 0 aliphatic heterocycles. The molecule has 0 spiro atoms. The Morgan fingerprint density at radius 2 is 2.31 bits per heavy atom. The maximum atomic E-state index is 6.01. The Morgan fingerprint density at radius 3 is 3.00 bits per heavy atom. The van der Waals surface area contributed by atoms with Crippen LogP contribution in [-0.4, -0.2) is 21.5 Å². The number of halogens is 1. The third-order valence-corrected chi connectivity index (χ3v) is 2.48. The Morgan fingerprint density at radius 1 is 1.44 bits per heavy atom. The maximum absolute atomic E-state index is 6.01. The van der Waals surface area contributed by atoms with Gasteiger partial charge in [-0.15, -0.1) is 5.10 Å². The molecule has 0 radical (unpaired) electrons. The molecule has 1 aromatic heterocycles. The lowest BCUT2D eigenvalue weighted by molar-refractivity contribution is 0.609. The average molecular weight is 238 g/mol. The van der Waals surface area contributed by atoms with Gasteiger partial charge in [0.1, 0.15) is 0 Å². The van der Waals surface area contributed by atoms with Crippen LogP contribution in [0.5, 0.6) is 0 Å². The van der Waals surface area contributed by atoms with Crippen LogP contribution in [0.15, 0.2) is 30.6 Å². The summed E-state index contributed by atoms with van der Waals surface area (Å²) in [7, 11) is 0. The number of para-hydroxylation sites is 1. The van der Waals surface area contributed by atoms with Gasteiger partial charge in [-0.3, -0.25) is 4.68 Å². The highest BCUT2D eigenvalue weighted by molar-refractivity contribution is 6.33. The highest BCUT2D eigenvalue weighted by Gasteiger charge is 2.02. The fourth-order valence-electron chi connectivity index (χ4n) is 1.37. The van der Waals surface area contributed by atoms with Crippen molar-refractivity contribution in [3.63, 3.8) is 0 Å². The lowest BCUT2D eigenvalue weighted by Gasteiger charge is -2.10. The van der Waals surface area contributed by atoms with Gasteiger partial charge in [0.05, 0.1) is 29.1 Å². The van der Waals surface area contributed by atoms with Crippen LogP contribution in [0.1, 0.15) is 0 Å². The second kappa shape index (κ2) is 4.85. The summed E-state index contributed by atoms with van der Waals surface area (Å²) in [5.74, 6) is 0. The number of hydrogen-bond donors (Lipinski definition) is 2. The predicted molar refractivity (Wildman–Crippen MR) is 64.4 cm³/mol. The molecule has 16 heavy (non-hydrogen) atoms. The Balaban J connectivity index is 1.95. The van der Waals surface area contributed by atoms with E-state index in [1.165, 1.54) is 0 Å². The number of nitrogens with one attached hydrogen (secondary N) is 1. The molecule has 0 aliphatic rings. The molecule has 2 aromatic rings. The lowest BCUT2D eigenvalue weighted by Crippen LogP contribution is -2.12. The fraction of sp³-hybridized carbons (Fsp3) is 0.200. The van der Waals surface area contributed by atoms with E-state index in [1.807, 2.05) is 12.1 Å². The summed E-state index contributed by atoms with van der Waals surface area (Å²) in [5, 5.41) is 11.4. The van der Waals surface area contributed by atoms with Crippen molar-refractivity contribution in [1.29, 1.82) is 0 Å². The molecule has 2 rings (SSSR count). The first-order valence-electron chi connectivity index (χ1n) is 4.89. The van der Waals surface area contributed by atoms with Crippen molar-refractivity contribution in [1.82, 2.24) is 15.0 Å². The van der Waals surface area contributed by atoms with E-state index in [-0.39, 0.29) is 0 Å². The number of benzene rings is 1. The molecular formula is C10H12ClN5. The minimum absolute atomic E-state index is 0.624. The zero-order chi connectivity index (χ0) is 11.4. The van der Waals surface area contributed by atoms with E-state index in [0.717, 1.165) is 5.69 Å². The van der Waals surface area contributed by atoms with Gasteiger partial charge in [-0.1, -0.05) is 22.9 Å². The van der Waals surface area contributed by atoms with Crippen LogP contribution in [0.25, 0.3) is 0 Å². The minimum Gasteiger partial charge on any atom is -0.397 e. The SMILES string of the molecule is Nc1cccc(Cl)c1NCCn1ccnn1. The fourth-order valence-corrected chi connectivity index (χ4v) is 1.62. The molecule has 6 heteroatoms. The number of nitrogens with zero attached hydrogens (tertiary/aromatic N) is 3. The molecule has 0 fully saturated rings. The van der Waals surface area contributed by atoms with E-state index < -0.39 is 0 Å². The average Bonchev–Trinajstić information content (AvgIpc) is 2.75. The number of nitrogens with two attached hydrogens (primary N) is 1. The van der Waals surface area contributed by atoms with Gasteiger partial charge < -0.3 is 11.1 Å². The Labute approximate surface area is 98.2 Å². The van der Waals surface area contributed by atoms with Crippen molar-refractivity contribution in [2.24, 2.45) is 0 Å². The van der Waals surface area contributed by atoms with E-state index in [9.17, 15) is 0 Å². The van der Waals surface area contributed by atoms with Gasteiger partial charge in [-0.2, -0.15) is 0 Å². The van der Waals surface area contributed by atoms with Crippen molar-refractivity contribution in [2.45, 2.75) is 6.54 Å². The molecular weight excluding hydrogens is 226 g/mol. The van der Waals surface area contributed by atoms with Crippen LogP contribution >= 0.6 is 11.6 Å². The summed E-state index contributed by atoms with van der Waals surface area (Å²) in [6.07, 6.45) is 3.45. The van der Waals surface area contributed by atoms with Crippen molar-refractivity contribution in [3.05, 3.63) is 35.6 Å². The monoisotopic (exact) mass is 237 g/mol. The zero-order valence-corrected chi connectivity index (χ0v) is 9.35. The molecule has 1 aromatic carbocycles. The smallest absolute Gasteiger partial charge is 0.0763 e. The molecule has 0 amide bonds. The van der Waals surface area contributed by atoms with Gasteiger partial charge in [0.15, 0.2) is 0 Å². The molecule has 0 unspecified atom stereocenters. The first-order valence-corrected chi connectivity index (χ1v) is 5.27. The Bertz CT molecular complexity index is 434. The molecule has 3 N–H and O–H groups in total. The number of nitrogen functional groups attached to an aromatic ring is 1. The number of hydrogen-bond acceptors (Lipinski definition) is 4. The standard InChI is InChI=1S/C10H12ClN5/c11-8-2-1-3-9(12)10(8)13-4-6-16-7-5-14-15-16/h1-3,5,7,13H,4,6,12H2. The van der Waals surface area contributed by atoms with Crippen molar-refractivity contribution >= 4 is 23.0 Å². The largest absolute Gasteiger partial charge is 0.397 e. The van der Waals surface area contributed by atoms with Crippen LogP contribution in [0.3, 0.4) is 0 Å². The quantitative estimate of drug-likeness (QED) is 0.793. The van der Waals surface area contributed by atoms with Crippen LogP contribution in [-0.2, 0) is 6.54 Å². The molecule has 0 atom stereocenters. The van der Waals surface area contributed by atoms with Crippen LogP contribution in [0, 0.1) is 0 Å². The molecule has 0 saturated heterocycles. The summed E-state index contributed by atoms with van der Waals surface area (Å²) in [5.41, 5.74) is 7.21. The van der Waals surface area contributed by atoms with Crippen LogP contribution in [0.4, 0.5) is 11.4 Å². The van der Waals surface area contributed by atoms with Gasteiger partial charge in [0.25, 0.3) is 0 Å². The minimum atomic E-state index is 0.624. The first kappa shape index (κ1) is 10.8. The van der Waals surface area contributed by atoms with Crippen molar-refractivity contribution in [2.75, 3.05) is 17.6 Å². The van der Waals surface area contributed by atoms with Crippen LogP contribution in [0.2, 0.25) is 5.02 Å². The second-order valence-electron chi connectivity index (χ2n) is 3.30. The summed E-state index contributed by atoms with van der Waals surface area (Å²) < 4.78 is 1.74. The van der Waals surface area contributed by atoms with Gasteiger partial charge in [0.2, 0.25) is 0 Å². The molecule has 0 aliphatic carbocycles. The third-order valence-electron chi connectivity index (χ3n) is 2.16. The summed E-state index contributed by atoms with van der Waals surface area (Å²) in [6, 6.07) is 5.43. The molecule has 84 valence electrons. The summed E-state index contributed by atoms with van der Waals surface area (Å²) >= 11 is 6.01. The third kappa shape index (κ3) is 2.43. The van der Waals surface area contributed by atoms with E-state index >= 15 is 0 Å². The van der Waals surface area contributed by atoms with Gasteiger partial charge in [-0.25, -0.2) is 0 Å². The van der Waals surface area contributed by atoms with Gasteiger partial charge in [-0.05, 0) is 12.1 Å². The zero-order valence-electron chi connectivity index (χ0n) is 8.60. The Kier molecular flexibility index (Phi) is 3.26. The summed E-state index contributed by atoms with van der Waals surface area (Å²) in [6.45, 7) is 1.40. The van der Waals surface area contributed by atoms with Crippen LogP contribution < -0.4 is 11.1 Å². The predicted octanol–water partition coefficient (Wildman–Crippen LogP) is 1.63.